The summed E-state index contributed by atoms with van der Waals surface area (Å²) in [5, 5.41) is 0.264. The van der Waals surface area contributed by atoms with E-state index in [9.17, 15) is 14.0 Å². The largest absolute Gasteiger partial charge is 0.337 e. The number of halogens is 2. The summed E-state index contributed by atoms with van der Waals surface area (Å²) < 4.78 is 13.5. The average Bonchev–Trinajstić information content (AvgIpc) is 2.63. The van der Waals surface area contributed by atoms with Gasteiger partial charge in [0, 0.05) is 25.2 Å². The van der Waals surface area contributed by atoms with Gasteiger partial charge >= 0.3 is 0 Å². The summed E-state index contributed by atoms with van der Waals surface area (Å²) in [6.07, 6.45) is 1.25. The molecule has 0 aliphatic carbocycles. The first-order chi connectivity index (χ1) is 12.9. The van der Waals surface area contributed by atoms with Crippen LogP contribution in [-0.2, 0) is 9.59 Å². The van der Waals surface area contributed by atoms with E-state index in [4.69, 9.17) is 11.6 Å². The van der Waals surface area contributed by atoms with Gasteiger partial charge in [0.15, 0.2) is 0 Å². The smallest absolute Gasteiger partial charge is 0.246 e. The molecular weight excluding hydrogens is 367 g/mol. The van der Waals surface area contributed by atoms with Crippen LogP contribution in [0.5, 0.6) is 0 Å². The molecule has 0 bridgehead atoms. The number of carbonyl (C=O) groups is 2. The van der Waals surface area contributed by atoms with Gasteiger partial charge in [-0.05, 0) is 29.3 Å². The number of likely N-dealkylation sites (tertiary alicyclic amines) is 1. The topological polar surface area (TPSA) is 40.6 Å². The standard InChI is InChI=1S/C21H20ClFN2O2/c1-3-19(26)25-12-15(13-25)21(27)24(2)20(14-7-5-4-6-8-14)17-10-9-16(23)11-18(17)22/h3-11,15,20H,1,12-13H2,2H3. The Morgan fingerprint density at radius 3 is 2.52 bits per heavy atom. The Morgan fingerprint density at radius 1 is 1.26 bits per heavy atom. The van der Waals surface area contributed by atoms with Crippen molar-refractivity contribution in [2.45, 2.75) is 6.04 Å². The van der Waals surface area contributed by atoms with Crippen molar-refractivity contribution in [3.05, 3.63) is 83.2 Å². The van der Waals surface area contributed by atoms with Crippen LogP contribution in [0.4, 0.5) is 4.39 Å². The quantitative estimate of drug-likeness (QED) is 0.735. The Kier molecular flexibility index (Phi) is 5.61. The van der Waals surface area contributed by atoms with E-state index in [-0.39, 0.29) is 22.8 Å². The maximum Gasteiger partial charge on any atom is 0.246 e. The van der Waals surface area contributed by atoms with Crippen LogP contribution in [0.3, 0.4) is 0 Å². The molecule has 1 atom stereocenters. The van der Waals surface area contributed by atoms with Crippen LogP contribution >= 0.6 is 11.6 Å². The summed E-state index contributed by atoms with van der Waals surface area (Å²) in [6, 6.07) is 13.2. The maximum absolute atomic E-state index is 13.5. The van der Waals surface area contributed by atoms with Gasteiger partial charge < -0.3 is 9.80 Å². The molecule has 2 amide bonds. The first-order valence-corrected chi connectivity index (χ1v) is 8.98. The number of nitrogens with zero attached hydrogens (tertiary/aromatic N) is 2. The van der Waals surface area contributed by atoms with E-state index in [0.29, 0.717) is 18.7 Å². The minimum absolute atomic E-state index is 0.0858. The van der Waals surface area contributed by atoms with E-state index in [1.165, 1.54) is 18.2 Å². The summed E-state index contributed by atoms with van der Waals surface area (Å²) in [6.45, 7) is 4.20. The van der Waals surface area contributed by atoms with Crippen molar-refractivity contribution in [1.82, 2.24) is 9.80 Å². The van der Waals surface area contributed by atoms with Gasteiger partial charge in [-0.15, -0.1) is 0 Å². The number of amides is 2. The lowest BCUT2D eigenvalue weighted by Gasteiger charge is -2.41. The minimum atomic E-state index is -0.448. The molecule has 0 aromatic heterocycles. The molecular formula is C21H20ClFN2O2. The van der Waals surface area contributed by atoms with Crippen molar-refractivity contribution >= 4 is 23.4 Å². The fourth-order valence-corrected chi connectivity index (χ4v) is 3.60. The Hall–Kier alpha value is -2.66. The molecule has 4 nitrogen and oxygen atoms in total. The highest BCUT2D eigenvalue weighted by Crippen LogP contribution is 2.34. The minimum Gasteiger partial charge on any atom is -0.337 e. The molecule has 2 aromatic carbocycles. The fraction of sp³-hybridized carbons (Fsp3) is 0.238. The molecule has 0 spiro atoms. The molecule has 27 heavy (non-hydrogen) atoms. The first-order valence-electron chi connectivity index (χ1n) is 8.60. The highest BCUT2D eigenvalue weighted by Gasteiger charge is 2.38. The zero-order valence-corrected chi connectivity index (χ0v) is 15.7. The van der Waals surface area contributed by atoms with Crippen LogP contribution < -0.4 is 0 Å². The molecule has 6 heteroatoms. The van der Waals surface area contributed by atoms with Gasteiger partial charge in [0.2, 0.25) is 11.8 Å². The van der Waals surface area contributed by atoms with Crippen LogP contribution in [0, 0.1) is 11.7 Å². The molecule has 3 rings (SSSR count). The third-order valence-electron chi connectivity index (χ3n) is 4.82. The van der Waals surface area contributed by atoms with E-state index < -0.39 is 11.9 Å². The summed E-state index contributed by atoms with van der Waals surface area (Å²) in [5.74, 6) is -0.966. The third-order valence-corrected chi connectivity index (χ3v) is 5.15. The van der Waals surface area contributed by atoms with Gasteiger partial charge in [-0.3, -0.25) is 9.59 Å². The second-order valence-electron chi connectivity index (χ2n) is 6.57. The number of benzene rings is 2. The Labute approximate surface area is 162 Å². The lowest BCUT2D eigenvalue weighted by Crippen LogP contribution is -2.56. The van der Waals surface area contributed by atoms with E-state index in [1.807, 2.05) is 30.3 Å². The molecule has 1 saturated heterocycles. The summed E-state index contributed by atoms with van der Waals surface area (Å²) >= 11 is 6.29. The molecule has 1 aliphatic rings. The zero-order valence-electron chi connectivity index (χ0n) is 14.9. The van der Waals surface area contributed by atoms with Crippen LogP contribution in [-0.4, -0.2) is 41.8 Å². The highest BCUT2D eigenvalue weighted by atomic mass is 35.5. The molecule has 0 N–H and O–H groups in total. The van der Waals surface area contributed by atoms with Crippen LogP contribution in [0.15, 0.2) is 61.2 Å². The van der Waals surface area contributed by atoms with Gasteiger partial charge in [0.25, 0.3) is 0 Å². The number of carbonyl (C=O) groups excluding carboxylic acids is 2. The lowest BCUT2D eigenvalue weighted by atomic mass is 9.93. The van der Waals surface area contributed by atoms with Crippen molar-refractivity contribution in [2.75, 3.05) is 20.1 Å². The molecule has 1 aliphatic heterocycles. The highest BCUT2D eigenvalue weighted by molar-refractivity contribution is 6.31. The van der Waals surface area contributed by atoms with Gasteiger partial charge in [-0.25, -0.2) is 4.39 Å². The molecule has 0 radical (unpaired) electrons. The summed E-state index contributed by atoms with van der Waals surface area (Å²) in [4.78, 5) is 27.8. The van der Waals surface area contributed by atoms with Crippen molar-refractivity contribution in [3.63, 3.8) is 0 Å². The molecule has 140 valence electrons. The van der Waals surface area contributed by atoms with E-state index in [2.05, 4.69) is 6.58 Å². The molecule has 1 fully saturated rings. The van der Waals surface area contributed by atoms with Crippen LogP contribution in [0.1, 0.15) is 17.2 Å². The third kappa shape index (κ3) is 3.88. The summed E-state index contributed by atoms with van der Waals surface area (Å²) in [5.41, 5.74) is 1.53. The Bertz CT molecular complexity index is 866. The van der Waals surface area contributed by atoms with Gasteiger partial charge in [0.05, 0.1) is 12.0 Å². The van der Waals surface area contributed by atoms with Crippen LogP contribution in [0.25, 0.3) is 0 Å². The lowest BCUT2D eigenvalue weighted by molar-refractivity contribution is -0.146. The van der Waals surface area contributed by atoms with Gasteiger partial charge in [-0.2, -0.15) is 0 Å². The number of hydrogen-bond acceptors (Lipinski definition) is 2. The van der Waals surface area contributed by atoms with Crippen LogP contribution in [0.2, 0.25) is 5.02 Å². The zero-order chi connectivity index (χ0) is 19.6. The maximum atomic E-state index is 13.5. The van der Waals surface area contributed by atoms with Crippen molar-refractivity contribution in [3.8, 4) is 0 Å². The second kappa shape index (κ2) is 7.92. The SMILES string of the molecule is C=CC(=O)N1CC(C(=O)N(C)C(c2ccccc2)c2ccc(F)cc2Cl)C1. The van der Waals surface area contributed by atoms with Gasteiger partial charge in [-0.1, -0.05) is 54.6 Å². The first kappa shape index (κ1) is 19.1. The van der Waals surface area contributed by atoms with E-state index in [0.717, 1.165) is 5.56 Å². The van der Waals surface area contributed by atoms with E-state index in [1.54, 1.807) is 22.9 Å². The monoisotopic (exact) mass is 386 g/mol. The molecule has 1 unspecified atom stereocenters. The predicted octanol–water partition coefficient (Wildman–Crippen LogP) is 3.67. The fourth-order valence-electron chi connectivity index (χ4n) is 3.33. The van der Waals surface area contributed by atoms with E-state index >= 15 is 0 Å². The Morgan fingerprint density at radius 2 is 1.93 bits per heavy atom. The average molecular weight is 387 g/mol. The second-order valence-corrected chi connectivity index (χ2v) is 6.98. The molecule has 1 heterocycles. The van der Waals surface area contributed by atoms with Crippen molar-refractivity contribution in [2.24, 2.45) is 5.92 Å². The number of rotatable bonds is 5. The molecule has 0 saturated carbocycles. The molecule has 2 aromatic rings. The normalized spacial score (nSPS) is 15.0. The van der Waals surface area contributed by atoms with Gasteiger partial charge in [0.1, 0.15) is 5.82 Å². The summed E-state index contributed by atoms with van der Waals surface area (Å²) in [7, 11) is 1.71. The van der Waals surface area contributed by atoms with Crippen molar-refractivity contribution < 1.29 is 14.0 Å². The Balaban J connectivity index is 1.88. The predicted molar refractivity (Wildman–Crippen MR) is 103 cm³/mol. The number of hydrogen-bond donors (Lipinski definition) is 0. The van der Waals surface area contributed by atoms with Crippen molar-refractivity contribution in [1.29, 1.82) is 0 Å².